The second-order valence-electron chi connectivity index (χ2n) is 6.52. The highest BCUT2D eigenvalue weighted by molar-refractivity contribution is 7.98. The van der Waals surface area contributed by atoms with Crippen molar-refractivity contribution in [1.29, 1.82) is 0 Å². The smallest absolute Gasteiger partial charge is 0.294 e. The number of allylic oxidation sites excluding steroid dienone is 1. The SMILES string of the molecule is C=CCn1c(SCc2nc3c(oc4ccccc43)c(=O)[nH]2)nnc1-c1ccncc1. The molecule has 5 rings (SSSR count). The molecule has 0 amide bonds. The van der Waals surface area contributed by atoms with Crippen molar-refractivity contribution in [2.24, 2.45) is 0 Å². The fourth-order valence-corrected chi connectivity index (χ4v) is 4.07. The van der Waals surface area contributed by atoms with Gasteiger partial charge in [-0.05, 0) is 24.3 Å². The first-order valence-corrected chi connectivity index (χ1v) is 10.2. The number of benzene rings is 1. The van der Waals surface area contributed by atoms with E-state index in [0.29, 0.717) is 34.4 Å². The molecular formula is C21H16N6O2S. The Hall–Kier alpha value is -3.72. The predicted molar refractivity (Wildman–Crippen MR) is 115 cm³/mol. The molecule has 0 saturated heterocycles. The second kappa shape index (κ2) is 7.60. The van der Waals surface area contributed by atoms with Crippen LogP contribution in [0.5, 0.6) is 0 Å². The number of fused-ring (bicyclic) bond motifs is 3. The third kappa shape index (κ3) is 3.18. The van der Waals surface area contributed by atoms with Gasteiger partial charge in [-0.3, -0.25) is 14.3 Å². The van der Waals surface area contributed by atoms with Crippen molar-refractivity contribution >= 4 is 33.8 Å². The number of thioether (sulfide) groups is 1. The third-order valence-corrected chi connectivity index (χ3v) is 5.56. The third-order valence-electron chi connectivity index (χ3n) is 4.59. The number of hydrogen-bond donors (Lipinski definition) is 1. The molecule has 4 aromatic heterocycles. The fourth-order valence-electron chi connectivity index (χ4n) is 3.25. The lowest BCUT2D eigenvalue weighted by molar-refractivity contribution is 0.660. The van der Waals surface area contributed by atoms with Gasteiger partial charge >= 0.3 is 0 Å². The Kier molecular flexibility index (Phi) is 4.64. The zero-order valence-corrected chi connectivity index (χ0v) is 16.6. The quantitative estimate of drug-likeness (QED) is 0.332. The van der Waals surface area contributed by atoms with Gasteiger partial charge in [0.05, 0.1) is 5.75 Å². The number of furan rings is 1. The Balaban J connectivity index is 1.48. The molecule has 1 aromatic carbocycles. The molecule has 9 heteroatoms. The second-order valence-corrected chi connectivity index (χ2v) is 7.46. The number of hydrogen-bond acceptors (Lipinski definition) is 7. The molecule has 4 heterocycles. The van der Waals surface area contributed by atoms with Gasteiger partial charge in [0.1, 0.15) is 16.9 Å². The van der Waals surface area contributed by atoms with Crippen LogP contribution < -0.4 is 5.56 Å². The van der Waals surface area contributed by atoms with Crippen LogP contribution in [0.25, 0.3) is 33.5 Å². The summed E-state index contributed by atoms with van der Waals surface area (Å²) in [6, 6.07) is 11.2. The molecule has 0 bridgehead atoms. The largest absolute Gasteiger partial charge is 0.449 e. The molecule has 8 nitrogen and oxygen atoms in total. The van der Waals surface area contributed by atoms with Gasteiger partial charge in [-0.1, -0.05) is 30.0 Å². The number of aromatic nitrogens is 6. The minimum Gasteiger partial charge on any atom is -0.449 e. The Morgan fingerprint density at radius 3 is 2.83 bits per heavy atom. The van der Waals surface area contributed by atoms with Crippen LogP contribution in [-0.2, 0) is 12.3 Å². The van der Waals surface area contributed by atoms with Gasteiger partial charge in [-0.15, -0.1) is 16.8 Å². The summed E-state index contributed by atoms with van der Waals surface area (Å²) in [4.78, 5) is 24.0. The molecule has 148 valence electrons. The lowest BCUT2D eigenvalue weighted by atomic mass is 10.2. The van der Waals surface area contributed by atoms with Gasteiger partial charge in [-0.2, -0.15) is 0 Å². The van der Waals surface area contributed by atoms with E-state index in [1.165, 1.54) is 11.8 Å². The number of rotatable bonds is 6. The summed E-state index contributed by atoms with van der Waals surface area (Å²) in [7, 11) is 0. The minimum absolute atomic E-state index is 0.236. The molecular weight excluding hydrogens is 400 g/mol. The van der Waals surface area contributed by atoms with E-state index in [4.69, 9.17) is 4.42 Å². The fraction of sp³-hybridized carbons (Fsp3) is 0.0952. The van der Waals surface area contributed by atoms with E-state index in [1.54, 1.807) is 18.5 Å². The van der Waals surface area contributed by atoms with Crippen molar-refractivity contribution in [2.75, 3.05) is 0 Å². The molecule has 0 atom stereocenters. The van der Waals surface area contributed by atoms with Crippen molar-refractivity contribution in [3.63, 3.8) is 0 Å². The maximum absolute atomic E-state index is 12.5. The van der Waals surface area contributed by atoms with Gasteiger partial charge in [0.2, 0.25) is 5.58 Å². The molecule has 30 heavy (non-hydrogen) atoms. The highest BCUT2D eigenvalue weighted by atomic mass is 32.2. The topological polar surface area (TPSA) is 102 Å². The average Bonchev–Trinajstić information content (AvgIpc) is 3.35. The maximum atomic E-state index is 12.5. The Bertz CT molecular complexity index is 1420. The van der Waals surface area contributed by atoms with Crippen LogP contribution in [0, 0.1) is 0 Å². The average molecular weight is 416 g/mol. The summed E-state index contributed by atoms with van der Waals surface area (Å²) in [5, 5.41) is 10.2. The molecule has 0 radical (unpaired) electrons. The number of para-hydroxylation sites is 1. The molecule has 0 unspecified atom stereocenters. The molecule has 5 aromatic rings. The minimum atomic E-state index is -0.295. The van der Waals surface area contributed by atoms with Crippen molar-refractivity contribution in [3.8, 4) is 11.4 Å². The Morgan fingerprint density at radius 1 is 1.17 bits per heavy atom. The van der Waals surface area contributed by atoms with Gasteiger partial charge in [-0.25, -0.2) is 4.98 Å². The summed E-state index contributed by atoms with van der Waals surface area (Å²) in [5.41, 5.74) is 2.07. The molecule has 0 spiro atoms. The summed E-state index contributed by atoms with van der Waals surface area (Å²) < 4.78 is 7.62. The molecule has 0 aliphatic carbocycles. The number of pyridine rings is 1. The van der Waals surface area contributed by atoms with Crippen molar-refractivity contribution in [1.82, 2.24) is 29.7 Å². The predicted octanol–water partition coefficient (Wildman–Crippen LogP) is 3.80. The first-order chi connectivity index (χ1) is 14.7. The molecule has 0 aliphatic heterocycles. The van der Waals surface area contributed by atoms with Gasteiger partial charge in [0, 0.05) is 29.9 Å². The Morgan fingerprint density at radius 2 is 2.00 bits per heavy atom. The van der Waals surface area contributed by atoms with Gasteiger partial charge in [0.15, 0.2) is 11.0 Å². The Labute approximate surface area is 174 Å². The normalized spacial score (nSPS) is 11.3. The lowest BCUT2D eigenvalue weighted by Gasteiger charge is -2.07. The van der Waals surface area contributed by atoms with E-state index in [2.05, 4.69) is 31.7 Å². The lowest BCUT2D eigenvalue weighted by Crippen LogP contribution is -2.10. The molecule has 1 N–H and O–H groups in total. The first kappa shape index (κ1) is 18.3. The van der Waals surface area contributed by atoms with E-state index in [0.717, 1.165) is 16.8 Å². The van der Waals surface area contributed by atoms with Gasteiger partial charge in [0.25, 0.3) is 5.56 Å². The van der Waals surface area contributed by atoms with E-state index < -0.39 is 0 Å². The zero-order valence-electron chi connectivity index (χ0n) is 15.8. The summed E-state index contributed by atoms with van der Waals surface area (Å²) in [6.45, 7) is 4.39. The van der Waals surface area contributed by atoms with Crippen LogP contribution >= 0.6 is 11.8 Å². The van der Waals surface area contributed by atoms with E-state index in [-0.39, 0.29) is 11.1 Å². The first-order valence-electron chi connectivity index (χ1n) is 9.22. The van der Waals surface area contributed by atoms with Crippen LogP contribution in [0.2, 0.25) is 0 Å². The standard InChI is InChI=1S/C21H16N6O2S/c1-2-11-27-19(13-7-9-22-10-8-13)25-26-21(27)30-12-16-23-17-14-5-3-4-6-15(14)29-18(17)20(28)24-16/h2-10H,1,11-12H2,(H,23,24,28). The zero-order chi connectivity index (χ0) is 20.5. The van der Waals surface area contributed by atoms with Crippen LogP contribution in [0.15, 0.2) is 75.8 Å². The summed E-state index contributed by atoms with van der Waals surface area (Å²) in [5.74, 6) is 1.70. The highest BCUT2D eigenvalue weighted by Crippen LogP contribution is 2.27. The number of aromatic amines is 1. The maximum Gasteiger partial charge on any atom is 0.294 e. The molecule has 0 aliphatic rings. The molecule has 0 fully saturated rings. The van der Waals surface area contributed by atoms with Crippen molar-refractivity contribution in [3.05, 3.63) is 77.6 Å². The van der Waals surface area contributed by atoms with Crippen LogP contribution in [0.1, 0.15) is 5.82 Å². The summed E-state index contributed by atoms with van der Waals surface area (Å²) in [6.07, 6.45) is 5.23. The number of nitrogens with zero attached hydrogens (tertiary/aromatic N) is 5. The van der Waals surface area contributed by atoms with E-state index >= 15 is 0 Å². The van der Waals surface area contributed by atoms with E-state index in [9.17, 15) is 4.79 Å². The van der Waals surface area contributed by atoms with Crippen molar-refractivity contribution < 1.29 is 4.42 Å². The van der Waals surface area contributed by atoms with Crippen LogP contribution in [-0.4, -0.2) is 29.7 Å². The number of nitrogens with one attached hydrogen (secondary N) is 1. The van der Waals surface area contributed by atoms with Crippen LogP contribution in [0.3, 0.4) is 0 Å². The monoisotopic (exact) mass is 416 g/mol. The van der Waals surface area contributed by atoms with E-state index in [1.807, 2.05) is 41.0 Å². The number of H-pyrrole nitrogens is 1. The van der Waals surface area contributed by atoms with Gasteiger partial charge < -0.3 is 9.40 Å². The van der Waals surface area contributed by atoms with Crippen molar-refractivity contribution in [2.45, 2.75) is 17.5 Å². The summed E-state index contributed by atoms with van der Waals surface area (Å²) >= 11 is 1.44. The van der Waals surface area contributed by atoms with Crippen LogP contribution in [0.4, 0.5) is 0 Å². The highest BCUT2D eigenvalue weighted by Gasteiger charge is 2.16. The molecule has 0 saturated carbocycles.